The molecule has 2 aromatic carbocycles. The first kappa shape index (κ1) is 24.2. The van der Waals surface area contributed by atoms with Crippen LogP contribution in [0.1, 0.15) is 49.9 Å². The fraction of sp³-hybridized carbons (Fsp3) is 0.391. The second-order valence-electron chi connectivity index (χ2n) is 7.42. The Morgan fingerprint density at radius 3 is 2.31 bits per heavy atom. The van der Waals surface area contributed by atoms with Gasteiger partial charge in [-0.3, -0.25) is 10.1 Å². The van der Waals surface area contributed by atoms with Crippen molar-refractivity contribution >= 4 is 42.6 Å². The number of anilines is 1. The molecule has 0 bridgehead atoms. The van der Waals surface area contributed by atoms with Crippen molar-refractivity contribution in [1.82, 2.24) is 9.29 Å². The zero-order chi connectivity index (χ0) is 23.1. The van der Waals surface area contributed by atoms with Crippen LogP contribution in [0.2, 0.25) is 0 Å². The second-order valence-corrected chi connectivity index (χ2v) is 10.4. The highest BCUT2D eigenvalue weighted by atomic mass is 32.2. The molecule has 3 rings (SSSR count). The Hall–Kier alpha value is -2.49. The quantitative estimate of drug-likeness (QED) is 0.414. The number of amides is 1. The highest BCUT2D eigenvalue weighted by Gasteiger charge is 2.24. The van der Waals surface area contributed by atoms with Crippen molar-refractivity contribution in [2.75, 3.05) is 25.5 Å². The van der Waals surface area contributed by atoms with Gasteiger partial charge in [0.1, 0.15) is 11.3 Å². The van der Waals surface area contributed by atoms with E-state index in [2.05, 4.69) is 10.3 Å². The van der Waals surface area contributed by atoms with Crippen molar-refractivity contribution in [3.63, 3.8) is 0 Å². The first-order valence-electron chi connectivity index (χ1n) is 10.8. The number of hydrogen-bond donors (Lipinski definition) is 1. The number of methoxy groups -OCH3 is 1. The van der Waals surface area contributed by atoms with Gasteiger partial charge in [-0.25, -0.2) is 13.4 Å². The Labute approximate surface area is 193 Å². The fourth-order valence-corrected chi connectivity index (χ4v) is 5.65. The van der Waals surface area contributed by atoms with Gasteiger partial charge in [-0.05, 0) is 49.2 Å². The van der Waals surface area contributed by atoms with Gasteiger partial charge >= 0.3 is 0 Å². The Kier molecular flexibility index (Phi) is 8.22. The number of benzene rings is 2. The molecule has 3 aromatic rings. The van der Waals surface area contributed by atoms with Crippen LogP contribution < -0.4 is 10.1 Å². The number of nitrogens with zero attached hydrogens (tertiary/aromatic N) is 2. The van der Waals surface area contributed by atoms with Crippen LogP contribution in [0.25, 0.3) is 10.2 Å². The number of ether oxygens (including phenoxy) is 1. The van der Waals surface area contributed by atoms with Crippen LogP contribution in [0.5, 0.6) is 5.75 Å². The van der Waals surface area contributed by atoms with E-state index in [0.717, 1.165) is 30.4 Å². The average Bonchev–Trinajstić information content (AvgIpc) is 3.21. The average molecular weight is 476 g/mol. The first-order valence-corrected chi connectivity index (χ1v) is 13.0. The molecule has 0 aliphatic heterocycles. The molecule has 32 heavy (non-hydrogen) atoms. The lowest BCUT2D eigenvalue weighted by Crippen LogP contribution is -2.33. The monoisotopic (exact) mass is 475 g/mol. The first-order chi connectivity index (χ1) is 15.4. The number of nitrogens with one attached hydrogen (secondary N) is 1. The summed E-state index contributed by atoms with van der Waals surface area (Å²) in [6.07, 6.45) is 3.48. The number of sulfonamides is 1. The van der Waals surface area contributed by atoms with Crippen LogP contribution >= 0.6 is 11.3 Å². The minimum absolute atomic E-state index is 0.200. The third-order valence-electron chi connectivity index (χ3n) is 5.10. The molecule has 9 heteroatoms. The molecule has 1 heterocycles. The molecule has 0 unspecified atom stereocenters. The minimum atomic E-state index is -3.59. The van der Waals surface area contributed by atoms with Crippen LogP contribution in [0.3, 0.4) is 0 Å². The van der Waals surface area contributed by atoms with Crippen LogP contribution in [0, 0.1) is 0 Å². The molecule has 0 atom stereocenters. The van der Waals surface area contributed by atoms with Crippen molar-refractivity contribution in [2.24, 2.45) is 0 Å². The largest absolute Gasteiger partial charge is 0.494 e. The maximum Gasteiger partial charge on any atom is 0.257 e. The highest BCUT2D eigenvalue weighted by Crippen LogP contribution is 2.32. The predicted octanol–water partition coefficient (Wildman–Crippen LogP) is 5.15. The molecule has 0 saturated carbocycles. The van der Waals surface area contributed by atoms with E-state index < -0.39 is 10.0 Å². The van der Waals surface area contributed by atoms with Crippen molar-refractivity contribution in [2.45, 2.75) is 44.4 Å². The fourth-order valence-electron chi connectivity index (χ4n) is 3.26. The van der Waals surface area contributed by atoms with E-state index in [-0.39, 0.29) is 10.8 Å². The van der Waals surface area contributed by atoms with Gasteiger partial charge in [0.25, 0.3) is 5.91 Å². The molecule has 0 aliphatic carbocycles. The molecule has 0 saturated heterocycles. The summed E-state index contributed by atoms with van der Waals surface area (Å²) in [5, 5.41) is 3.24. The van der Waals surface area contributed by atoms with Crippen LogP contribution in [0.4, 0.5) is 5.13 Å². The molecule has 0 aliphatic rings. The van der Waals surface area contributed by atoms with Crippen molar-refractivity contribution in [1.29, 1.82) is 0 Å². The molecule has 1 N–H and O–H groups in total. The Bertz CT molecular complexity index is 1150. The van der Waals surface area contributed by atoms with Gasteiger partial charge in [-0.2, -0.15) is 4.31 Å². The van der Waals surface area contributed by atoms with E-state index in [9.17, 15) is 13.2 Å². The van der Waals surface area contributed by atoms with E-state index in [1.165, 1.54) is 35.6 Å². The summed E-state index contributed by atoms with van der Waals surface area (Å²) in [7, 11) is -2.02. The summed E-state index contributed by atoms with van der Waals surface area (Å²) in [6, 6.07) is 11.7. The standard InChI is InChI=1S/C23H29N3O4S2/c1-4-6-15-26(16-7-5-2)32(28,29)18-13-11-17(12-14-18)22(27)25-23-24-21-19(30-3)9-8-10-20(21)31-23/h8-14H,4-7,15-16H2,1-3H3,(H,24,25,27). The third kappa shape index (κ3) is 5.46. The smallest absolute Gasteiger partial charge is 0.257 e. The Balaban J connectivity index is 1.76. The lowest BCUT2D eigenvalue weighted by Gasteiger charge is -2.22. The van der Waals surface area contributed by atoms with E-state index in [0.29, 0.717) is 35.1 Å². The molecule has 172 valence electrons. The molecule has 1 aromatic heterocycles. The van der Waals surface area contributed by atoms with E-state index in [4.69, 9.17) is 4.74 Å². The number of aromatic nitrogens is 1. The van der Waals surface area contributed by atoms with Crippen LogP contribution in [-0.4, -0.2) is 43.8 Å². The van der Waals surface area contributed by atoms with Crippen molar-refractivity contribution in [3.8, 4) is 5.75 Å². The summed E-state index contributed by atoms with van der Waals surface area (Å²) in [5.41, 5.74) is 1.06. The van der Waals surface area contributed by atoms with E-state index in [1.54, 1.807) is 11.4 Å². The summed E-state index contributed by atoms with van der Waals surface area (Å²) >= 11 is 1.35. The molecule has 0 fully saturated rings. The Morgan fingerprint density at radius 1 is 1.06 bits per heavy atom. The van der Waals surface area contributed by atoms with Gasteiger partial charge < -0.3 is 4.74 Å². The Morgan fingerprint density at radius 2 is 1.72 bits per heavy atom. The maximum absolute atomic E-state index is 13.1. The number of thiazole rings is 1. The topological polar surface area (TPSA) is 88.6 Å². The summed E-state index contributed by atoms with van der Waals surface area (Å²) in [4.78, 5) is 17.3. The molecule has 0 spiro atoms. The van der Waals surface area contributed by atoms with E-state index in [1.807, 2.05) is 32.0 Å². The number of para-hydroxylation sites is 1. The highest BCUT2D eigenvalue weighted by molar-refractivity contribution is 7.89. The maximum atomic E-state index is 13.1. The zero-order valence-electron chi connectivity index (χ0n) is 18.6. The number of carbonyl (C=O) groups excluding carboxylic acids is 1. The van der Waals surface area contributed by atoms with Gasteiger partial charge in [-0.15, -0.1) is 0 Å². The van der Waals surface area contributed by atoms with Crippen molar-refractivity contribution in [3.05, 3.63) is 48.0 Å². The molecule has 1 amide bonds. The predicted molar refractivity (Wildman–Crippen MR) is 129 cm³/mol. The number of hydrogen-bond acceptors (Lipinski definition) is 6. The van der Waals surface area contributed by atoms with Crippen LogP contribution in [0.15, 0.2) is 47.4 Å². The number of fused-ring (bicyclic) bond motifs is 1. The van der Waals surface area contributed by atoms with Gasteiger partial charge in [0.15, 0.2) is 5.13 Å². The van der Waals surface area contributed by atoms with E-state index >= 15 is 0 Å². The minimum Gasteiger partial charge on any atom is -0.494 e. The SMILES string of the molecule is CCCCN(CCCC)S(=O)(=O)c1ccc(C(=O)Nc2nc3c(OC)cccc3s2)cc1. The van der Waals surface area contributed by atoms with Gasteiger partial charge in [0.2, 0.25) is 10.0 Å². The molecule has 7 nitrogen and oxygen atoms in total. The number of carbonyl (C=O) groups is 1. The third-order valence-corrected chi connectivity index (χ3v) is 7.95. The van der Waals surface area contributed by atoms with Gasteiger partial charge in [0.05, 0.1) is 16.7 Å². The summed E-state index contributed by atoms with van der Waals surface area (Å²) < 4.78 is 33.9. The van der Waals surface area contributed by atoms with Crippen molar-refractivity contribution < 1.29 is 17.9 Å². The number of unbranched alkanes of at least 4 members (excludes halogenated alkanes) is 2. The normalized spacial score (nSPS) is 11.8. The number of rotatable bonds is 11. The molecular weight excluding hydrogens is 446 g/mol. The van der Waals surface area contributed by atoms with Gasteiger partial charge in [0, 0.05) is 18.7 Å². The molecular formula is C23H29N3O4S2. The zero-order valence-corrected chi connectivity index (χ0v) is 20.3. The summed E-state index contributed by atoms with van der Waals surface area (Å²) in [5.74, 6) is 0.297. The van der Waals surface area contributed by atoms with Crippen LogP contribution in [-0.2, 0) is 10.0 Å². The molecule has 0 radical (unpaired) electrons. The lowest BCUT2D eigenvalue weighted by atomic mass is 10.2. The summed E-state index contributed by atoms with van der Waals surface area (Å²) in [6.45, 7) is 5.09. The lowest BCUT2D eigenvalue weighted by molar-refractivity contribution is 0.102. The van der Waals surface area contributed by atoms with Gasteiger partial charge in [-0.1, -0.05) is 44.1 Å². The second kappa shape index (κ2) is 10.9.